The molecule has 0 spiro atoms. The summed E-state index contributed by atoms with van der Waals surface area (Å²) in [5.74, 6) is 0.230. The van der Waals surface area contributed by atoms with Crippen LogP contribution in [0.3, 0.4) is 0 Å². The number of halogens is 2. The lowest BCUT2D eigenvalue weighted by atomic mass is 10.1. The van der Waals surface area contributed by atoms with Crippen LogP contribution in [0.25, 0.3) is 0 Å². The zero-order valence-corrected chi connectivity index (χ0v) is 22.2. The molecule has 8 nitrogen and oxygen atoms in total. The molecular formula is C23H24Cl2N4O4S2. The summed E-state index contributed by atoms with van der Waals surface area (Å²) in [4.78, 5) is 21.1. The van der Waals surface area contributed by atoms with E-state index < -0.39 is 16.1 Å². The van der Waals surface area contributed by atoms with Crippen molar-refractivity contribution in [1.29, 1.82) is 0 Å². The fraction of sp³-hybridized carbons (Fsp3) is 0.304. The van der Waals surface area contributed by atoms with Gasteiger partial charge in [0.1, 0.15) is 10.8 Å². The first kappa shape index (κ1) is 25.6. The van der Waals surface area contributed by atoms with Gasteiger partial charge in [-0.3, -0.25) is 9.52 Å². The average Bonchev–Trinajstić information content (AvgIpc) is 3.34. The lowest BCUT2D eigenvalue weighted by molar-refractivity contribution is -0.140. The number of nitrogens with one attached hydrogen (secondary N) is 1. The van der Waals surface area contributed by atoms with Gasteiger partial charge in [0.15, 0.2) is 11.2 Å². The highest BCUT2D eigenvalue weighted by Crippen LogP contribution is 2.32. The van der Waals surface area contributed by atoms with Gasteiger partial charge in [-0.1, -0.05) is 29.3 Å². The molecule has 1 aliphatic rings. The van der Waals surface area contributed by atoms with Crippen LogP contribution >= 0.6 is 34.5 Å². The van der Waals surface area contributed by atoms with Crippen LogP contribution in [0.1, 0.15) is 13.8 Å². The zero-order valence-electron chi connectivity index (χ0n) is 19.0. The summed E-state index contributed by atoms with van der Waals surface area (Å²) in [6.07, 6.45) is 0.811. The number of thiazole rings is 1. The van der Waals surface area contributed by atoms with E-state index in [4.69, 9.17) is 27.9 Å². The standard InChI is InChI=1S/C23H24Cl2N4O4S2/c1-15-14-28(17-6-8-18(9-7-17)35(31,32)27-23-26-10-13-34-23)11-12-29(15)22(30)16(2)33-20-5-3-4-19(24)21(20)25/h3-10,13,15-16H,11-12,14H2,1-2H3,(H,26,27)/t15-,16?/m1/s1. The maximum absolute atomic E-state index is 13.1. The molecule has 4 rings (SSSR count). The van der Waals surface area contributed by atoms with Crippen LogP contribution in [0.15, 0.2) is 58.9 Å². The number of hydrogen-bond donors (Lipinski definition) is 1. The number of carbonyl (C=O) groups excluding carboxylic acids is 1. The normalized spacial score (nSPS) is 17.2. The van der Waals surface area contributed by atoms with Crippen LogP contribution in [0.5, 0.6) is 5.75 Å². The lowest BCUT2D eigenvalue weighted by Crippen LogP contribution is -2.56. The van der Waals surface area contributed by atoms with Gasteiger partial charge in [0.25, 0.3) is 15.9 Å². The van der Waals surface area contributed by atoms with Crippen LogP contribution in [0.4, 0.5) is 10.8 Å². The summed E-state index contributed by atoms with van der Waals surface area (Å²) in [5.41, 5.74) is 0.882. The fourth-order valence-corrected chi connectivity index (χ4v) is 5.98. The van der Waals surface area contributed by atoms with Gasteiger partial charge in [0.05, 0.1) is 9.92 Å². The molecule has 0 saturated carbocycles. The van der Waals surface area contributed by atoms with E-state index in [2.05, 4.69) is 14.6 Å². The van der Waals surface area contributed by atoms with Crippen molar-refractivity contribution in [3.8, 4) is 5.75 Å². The first-order chi connectivity index (χ1) is 16.7. The van der Waals surface area contributed by atoms with Crippen LogP contribution in [0.2, 0.25) is 10.0 Å². The second-order valence-electron chi connectivity index (χ2n) is 8.08. The zero-order chi connectivity index (χ0) is 25.2. The maximum atomic E-state index is 13.1. The highest BCUT2D eigenvalue weighted by molar-refractivity contribution is 7.93. The van der Waals surface area contributed by atoms with Gasteiger partial charge < -0.3 is 14.5 Å². The SMILES string of the molecule is CC(Oc1cccc(Cl)c1Cl)C(=O)N1CCN(c2ccc(S(=O)(=O)Nc3nccs3)cc2)C[C@H]1C. The highest BCUT2D eigenvalue weighted by Gasteiger charge is 2.31. The number of aromatic nitrogens is 1. The molecule has 186 valence electrons. The number of amides is 1. The van der Waals surface area contributed by atoms with E-state index in [1.807, 2.05) is 6.92 Å². The van der Waals surface area contributed by atoms with Crippen LogP contribution in [0, 0.1) is 0 Å². The Labute approximate surface area is 218 Å². The third-order valence-electron chi connectivity index (χ3n) is 5.64. The van der Waals surface area contributed by atoms with E-state index in [1.54, 1.807) is 59.7 Å². The molecule has 3 aromatic rings. The minimum atomic E-state index is -3.71. The molecule has 2 atom stereocenters. The molecule has 1 N–H and O–H groups in total. The van der Waals surface area contributed by atoms with E-state index in [-0.39, 0.29) is 21.9 Å². The van der Waals surface area contributed by atoms with Gasteiger partial charge in [0.2, 0.25) is 0 Å². The first-order valence-corrected chi connectivity index (χ1v) is 14.0. The molecule has 2 aromatic carbocycles. The van der Waals surface area contributed by atoms with E-state index in [9.17, 15) is 13.2 Å². The van der Waals surface area contributed by atoms with E-state index in [1.165, 1.54) is 17.5 Å². The number of carbonyl (C=O) groups is 1. The van der Waals surface area contributed by atoms with Gasteiger partial charge in [-0.25, -0.2) is 13.4 Å². The van der Waals surface area contributed by atoms with Crippen LogP contribution in [-0.4, -0.2) is 56.0 Å². The molecular weight excluding hydrogens is 531 g/mol. The van der Waals surface area contributed by atoms with Gasteiger partial charge in [0, 0.05) is 42.9 Å². The molecule has 12 heteroatoms. The van der Waals surface area contributed by atoms with Crippen molar-refractivity contribution in [1.82, 2.24) is 9.88 Å². The summed E-state index contributed by atoms with van der Waals surface area (Å²) in [6.45, 7) is 5.37. The average molecular weight is 556 g/mol. The Kier molecular flexibility index (Phi) is 7.75. The van der Waals surface area contributed by atoms with Crippen molar-refractivity contribution in [3.05, 3.63) is 64.1 Å². The summed E-state index contributed by atoms with van der Waals surface area (Å²) in [6, 6.07) is 11.7. The first-order valence-electron chi connectivity index (χ1n) is 10.8. The molecule has 0 radical (unpaired) electrons. The minimum absolute atomic E-state index is 0.0767. The second-order valence-corrected chi connectivity index (χ2v) is 11.4. The monoisotopic (exact) mass is 554 g/mol. The van der Waals surface area contributed by atoms with Gasteiger partial charge in [-0.05, 0) is 50.2 Å². The number of rotatable bonds is 7. The third-order valence-corrected chi connectivity index (χ3v) is 8.62. The molecule has 0 bridgehead atoms. The highest BCUT2D eigenvalue weighted by atomic mass is 35.5. The van der Waals surface area contributed by atoms with Crippen molar-refractivity contribution >= 4 is 61.3 Å². The largest absolute Gasteiger partial charge is 0.479 e. The van der Waals surface area contributed by atoms with Gasteiger partial charge in [-0.2, -0.15) is 0 Å². The number of hydrogen-bond acceptors (Lipinski definition) is 7. The van der Waals surface area contributed by atoms with Crippen molar-refractivity contribution < 1.29 is 17.9 Å². The Morgan fingerprint density at radius 3 is 2.60 bits per heavy atom. The van der Waals surface area contributed by atoms with E-state index in [0.717, 1.165) is 5.69 Å². The molecule has 1 saturated heterocycles. The predicted molar refractivity (Wildman–Crippen MR) is 139 cm³/mol. The summed E-state index contributed by atoms with van der Waals surface area (Å²) >= 11 is 13.4. The molecule has 2 heterocycles. The van der Waals surface area contributed by atoms with Gasteiger partial charge >= 0.3 is 0 Å². The number of piperazine rings is 1. The molecule has 1 amide bonds. The number of nitrogens with zero attached hydrogens (tertiary/aromatic N) is 3. The Bertz CT molecular complexity index is 1290. The molecule has 35 heavy (non-hydrogen) atoms. The van der Waals surface area contributed by atoms with Crippen molar-refractivity contribution in [3.63, 3.8) is 0 Å². The topological polar surface area (TPSA) is 91.8 Å². The van der Waals surface area contributed by atoms with Crippen molar-refractivity contribution in [2.75, 3.05) is 29.3 Å². The van der Waals surface area contributed by atoms with Crippen LogP contribution in [-0.2, 0) is 14.8 Å². The summed E-state index contributed by atoms with van der Waals surface area (Å²) in [5, 5.41) is 2.66. The summed E-state index contributed by atoms with van der Waals surface area (Å²) < 4.78 is 33.4. The number of benzene rings is 2. The molecule has 1 aromatic heterocycles. The molecule has 0 aliphatic carbocycles. The third kappa shape index (κ3) is 5.83. The van der Waals surface area contributed by atoms with Crippen molar-refractivity contribution in [2.45, 2.75) is 30.9 Å². The van der Waals surface area contributed by atoms with E-state index >= 15 is 0 Å². The Balaban J connectivity index is 1.37. The number of anilines is 2. The Hall–Kier alpha value is -2.53. The molecule has 1 fully saturated rings. The molecule has 1 aliphatic heterocycles. The lowest BCUT2D eigenvalue weighted by Gasteiger charge is -2.41. The predicted octanol–water partition coefficient (Wildman–Crippen LogP) is 4.76. The molecule has 1 unspecified atom stereocenters. The Morgan fingerprint density at radius 2 is 1.94 bits per heavy atom. The fourth-order valence-electron chi connectivity index (χ4n) is 3.85. The van der Waals surface area contributed by atoms with Gasteiger partial charge in [-0.15, -0.1) is 11.3 Å². The quantitative estimate of drug-likeness (QED) is 0.452. The minimum Gasteiger partial charge on any atom is -0.479 e. The summed E-state index contributed by atoms with van der Waals surface area (Å²) in [7, 11) is -3.71. The second kappa shape index (κ2) is 10.6. The van der Waals surface area contributed by atoms with Crippen LogP contribution < -0.4 is 14.4 Å². The Morgan fingerprint density at radius 1 is 1.20 bits per heavy atom. The maximum Gasteiger partial charge on any atom is 0.263 e. The number of ether oxygens (including phenoxy) is 1. The smallest absolute Gasteiger partial charge is 0.263 e. The van der Waals surface area contributed by atoms with Crippen molar-refractivity contribution in [2.24, 2.45) is 0 Å². The van der Waals surface area contributed by atoms with E-state index in [0.29, 0.717) is 35.5 Å². The number of sulfonamides is 1.